The molecule has 1 unspecified atom stereocenters. The lowest BCUT2D eigenvalue weighted by Gasteiger charge is -2.28. The van der Waals surface area contributed by atoms with E-state index in [0.29, 0.717) is 17.8 Å². The first-order valence-corrected chi connectivity index (χ1v) is 5.85. The summed E-state index contributed by atoms with van der Waals surface area (Å²) in [6.45, 7) is 8.71. The molecular weight excluding hydrogens is 184 g/mol. The third-order valence-electron chi connectivity index (χ3n) is 3.82. The van der Waals surface area contributed by atoms with Crippen LogP contribution in [0.25, 0.3) is 0 Å². The van der Waals surface area contributed by atoms with Crippen LogP contribution in [0.1, 0.15) is 47.0 Å². The van der Waals surface area contributed by atoms with Crippen molar-refractivity contribution in [1.82, 2.24) is 0 Å². The summed E-state index contributed by atoms with van der Waals surface area (Å²) in [5, 5.41) is 0. The Labute approximate surface area is 93.3 Å². The number of hydrogen-bond donors (Lipinski definition) is 0. The molecule has 1 aliphatic carbocycles. The van der Waals surface area contributed by atoms with Crippen LogP contribution in [0.15, 0.2) is 23.8 Å². The van der Waals surface area contributed by atoms with Gasteiger partial charge in [0.05, 0.1) is 0 Å². The van der Waals surface area contributed by atoms with E-state index in [2.05, 4.69) is 26.8 Å². The normalized spacial score (nSPS) is 24.5. The minimum absolute atomic E-state index is 0.232. The molecule has 15 heavy (non-hydrogen) atoms. The Morgan fingerprint density at radius 1 is 1.60 bits per heavy atom. The first-order valence-electron chi connectivity index (χ1n) is 5.85. The lowest BCUT2D eigenvalue weighted by molar-refractivity contribution is -0.114. The molecule has 0 N–H and O–H groups in total. The second kappa shape index (κ2) is 4.78. The average Bonchev–Trinajstić information content (AvgIpc) is 2.44. The van der Waals surface area contributed by atoms with Gasteiger partial charge in [0, 0.05) is 6.42 Å². The van der Waals surface area contributed by atoms with Crippen LogP contribution in [-0.4, -0.2) is 5.78 Å². The Morgan fingerprint density at radius 3 is 2.73 bits per heavy atom. The van der Waals surface area contributed by atoms with Crippen LogP contribution in [0, 0.1) is 11.3 Å². The molecule has 0 spiro atoms. The fourth-order valence-electron chi connectivity index (χ4n) is 2.07. The highest BCUT2D eigenvalue weighted by Gasteiger charge is 2.33. The minimum Gasteiger partial charge on any atom is -0.295 e. The van der Waals surface area contributed by atoms with Crippen LogP contribution in [-0.2, 0) is 4.79 Å². The van der Waals surface area contributed by atoms with Crippen molar-refractivity contribution in [3.05, 3.63) is 23.8 Å². The molecule has 1 nitrogen and oxygen atoms in total. The number of carbonyl (C=O) groups excluding carboxylic acids is 1. The van der Waals surface area contributed by atoms with Crippen molar-refractivity contribution in [2.75, 3.05) is 0 Å². The van der Waals surface area contributed by atoms with E-state index in [1.165, 1.54) is 5.57 Å². The van der Waals surface area contributed by atoms with Gasteiger partial charge < -0.3 is 0 Å². The quantitative estimate of drug-likeness (QED) is 0.503. The van der Waals surface area contributed by atoms with E-state index in [9.17, 15) is 4.79 Å². The molecule has 0 aromatic carbocycles. The van der Waals surface area contributed by atoms with Crippen molar-refractivity contribution >= 4 is 5.78 Å². The maximum absolute atomic E-state index is 11.1. The van der Waals surface area contributed by atoms with E-state index in [-0.39, 0.29) is 5.78 Å². The third kappa shape index (κ3) is 2.80. The van der Waals surface area contributed by atoms with E-state index in [0.717, 1.165) is 12.8 Å². The van der Waals surface area contributed by atoms with E-state index in [1.807, 2.05) is 13.0 Å². The van der Waals surface area contributed by atoms with E-state index < -0.39 is 0 Å². The summed E-state index contributed by atoms with van der Waals surface area (Å²) in [6.07, 6.45) is 8.91. The molecule has 84 valence electrons. The molecule has 0 saturated heterocycles. The zero-order valence-corrected chi connectivity index (χ0v) is 10.3. The summed E-state index contributed by atoms with van der Waals surface area (Å²) in [7, 11) is 0. The summed E-state index contributed by atoms with van der Waals surface area (Å²) in [4.78, 5) is 11.1. The van der Waals surface area contributed by atoms with Crippen LogP contribution in [0.4, 0.5) is 0 Å². The van der Waals surface area contributed by atoms with Gasteiger partial charge in [-0.2, -0.15) is 0 Å². The molecule has 0 aliphatic heterocycles. The van der Waals surface area contributed by atoms with E-state index in [4.69, 9.17) is 0 Å². The van der Waals surface area contributed by atoms with Crippen LogP contribution in [0.5, 0.6) is 0 Å². The molecule has 0 heterocycles. The van der Waals surface area contributed by atoms with Crippen LogP contribution >= 0.6 is 0 Å². The summed E-state index contributed by atoms with van der Waals surface area (Å²) < 4.78 is 0. The smallest absolute Gasteiger partial charge is 0.155 e. The van der Waals surface area contributed by atoms with Gasteiger partial charge in [-0.1, -0.05) is 38.5 Å². The van der Waals surface area contributed by atoms with Crippen LogP contribution < -0.4 is 0 Å². The number of hydrogen-bond acceptors (Lipinski definition) is 1. The van der Waals surface area contributed by atoms with Crippen molar-refractivity contribution in [2.45, 2.75) is 47.0 Å². The number of ketones is 1. The molecular formula is C14H22O. The molecule has 0 fully saturated rings. The van der Waals surface area contributed by atoms with Crippen molar-refractivity contribution < 1.29 is 4.79 Å². The lowest BCUT2D eigenvalue weighted by atomic mass is 9.76. The van der Waals surface area contributed by atoms with Crippen molar-refractivity contribution in [3.8, 4) is 0 Å². The fraction of sp³-hybridized carbons (Fsp3) is 0.643. The average molecular weight is 206 g/mol. The molecule has 0 aromatic rings. The summed E-state index contributed by atoms with van der Waals surface area (Å²) in [6, 6.07) is 0. The van der Waals surface area contributed by atoms with Crippen LogP contribution in [0.2, 0.25) is 0 Å². The van der Waals surface area contributed by atoms with Crippen LogP contribution in [0.3, 0.4) is 0 Å². The Balaban J connectivity index is 2.49. The van der Waals surface area contributed by atoms with Gasteiger partial charge in [-0.05, 0) is 37.2 Å². The molecule has 1 rings (SSSR count). The lowest BCUT2D eigenvalue weighted by Crippen LogP contribution is -2.19. The van der Waals surface area contributed by atoms with Crippen molar-refractivity contribution in [2.24, 2.45) is 11.3 Å². The maximum atomic E-state index is 11.1. The highest BCUT2D eigenvalue weighted by Crippen LogP contribution is 2.44. The maximum Gasteiger partial charge on any atom is 0.155 e. The molecule has 1 aliphatic rings. The first-order chi connectivity index (χ1) is 6.98. The van der Waals surface area contributed by atoms with Gasteiger partial charge >= 0.3 is 0 Å². The monoisotopic (exact) mass is 206 g/mol. The zero-order chi connectivity index (χ0) is 11.5. The predicted octanol–water partition coefficient (Wildman–Crippen LogP) is 3.90. The molecule has 0 saturated carbocycles. The van der Waals surface area contributed by atoms with Gasteiger partial charge in [-0.15, -0.1) is 0 Å². The summed E-state index contributed by atoms with van der Waals surface area (Å²) in [5.41, 5.74) is 1.79. The zero-order valence-electron chi connectivity index (χ0n) is 10.3. The van der Waals surface area contributed by atoms with E-state index in [1.54, 1.807) is 6.08 Å². The first kappa shape index (κ1) is 12.2. The van der Waals surface area contributed by atoms with Gasteiger partial charge in [0.2, 0.25) is 0 Å². The third-order valence-corrected chi connectivity index (χ3v) is 3.82. The Bertz CT molecular complexity index is 294. The minimum atomic E-state index is 0.232. The predicted molar refractivity (Wildman–Crippen MR) is 64.7 cm³/mol. The summed E-state index contributed by atoms with van der Waals surface area (Å²) in [5.74, 6) is 0.897. The largest absolute Gasteiger partial charge is 0.295 e. The molecule has 0 radical (unpaired) electrons. The Hall–Kier alpha value is -0.850. The van der Waals surface area contributed by atoms with E-state index >= 15 is 0 Å². The van der Waals surface area contributed by atoms with Gasteiger partial charge in [0.1, 0.15) is 0 Å². The second-order valence-electron chi connectivity index (χ2n) is 5.00. The molecule has 1 atom stereocenters. The molecule has 0 bridgehead atoms. The number of allylic oxidation sites excluding steroid dienone is 4. The standard InChI is InChI=1S/C14H22O/c1-5-13(15)8-6-7-12-10-9-11(2)14(12,3)4/h6,8-9,12H,5,7,10H2,1-4H3. The molecule has 0 aromatic heterocycles. The van der Waals surface area contributed by atoms with Crippen molar-refractivity contribution in [1.29, 1.82) is 0 Å². The van der Waals surface area contributed by atoms with Crippen molar-refractivity contribution in [3.63, 3.8) is 0 Å². The number of rotatable bonds is 4. The molecule has 1 heteroatoms. The highest BCUT2D eigenvalue weighted by molar-refractivity contribution is 5.89. The highest BCUT2D eigenvalue weighted by atomic mass is 16.1. The van der Waals surface area contributed by atoms with Gasteiger partial charge in [0.15, 0.2) is 5.78 Å². The van der Waals surface area contributed by atoms with Gasteiger partial charge in [0.25, 0.3) is 0 Å². The Morgan fingerprint density at radius 2 is 2.27 bits per heavy atom. The number of carbonyl (C=O) groups is 1. The van der Waals surface area contributed by atoms with Gasteiger partial charge in [-0.25, -0.2) is 0 Å². The Kier molecular flexibility index (Phi) is 3.90. The summed E-state index contributed by atoms with van der Waals surface area (Å²) >= 11 is 0. The fourth-order valence-corrected chi connectivity index (χ4v) is 2.07. The SMILES string of the molecule is CCC(=O)C=CCC1CC=C(C)C1(C)C. The van der Waals surface area contributed by atoms with Gasteiger partial charge in [-0.3, -0.25) is 4.79 Å². The second-order valence-corrected chi connectivity index (χ2v) is 5.00. The molecule has 0 amide bonds. The topological polar surface area (TPSA) is 17.1 Å².